The summed E-state index contributed by atoms with van der Waals surface area (Å²) in [6.07, 6.45) is 1.48. The maximum absolute atomic E-state index is 12.5. The molecular formula is C25H20Cl2N2O3. The van der Waals surface area contributed by atoms with Crippen LogP contribution >= 0.6 is 23.2 Å². The van der Waals surface area contributed by atoms with Crippen LogP contribution in [0.2, 0.25) is 10.0 Å². The summed E-state index contributed by atoms with van der Waals surface area (Å²) < 4.78 is 11.3. The predicted molar refractivity (Wildman–Crippen MR) is 127 cm³/mol. The molecule has 3 aromatic carbocycles. The van der Waals surface area contributed by atoms with Gasteiger partial charge >= 0.3 is 0 Å². The van der Waals surface area contributed by atoms with Crippen molar-refractivity contribution in [3.63, 3.8) is 0 Å². The van der Waals surface area contributed by atoms with Gasteiger partial charge in [-0.15, -0.1) is 0 Å². The molecule has 0 aliphatic carbocycles. The van der Waals surface area contributed by atoms with E-state index in [1.54, 1.807) is 42.5 Å². The molecule has 5 nitrogen and oxygen atoms in total. The average Bonchev–Trinajstić information content (AvgIpc) is 2.78. The van der Waals surface area contributed by atoms with Gasteiger partial charge in [0.05, 0.1) is 7.11 Å². The zero-order valence-electron chi connectivity index (χ0n) is 17.5. The third kappa shape index (κ3) is 6.04. The Balaban J connectivity index is 1.76. The fourth-order valence-corrected chi connectivity index (χ4v) is 3.26. The van der Waals surface area contributed by atoms with E-state index in [0.29, 0.717) is 39.4 Å². The molecule has 3 aromatic rings. The molecule has 0 aliphatic heterocycles. The number of carbonyl (C=O) groups is 1. The maximum atomic E-state index is 12.5. The van der Waals surface area contributed by atoms with Crippen LogP contribution in [0, 0.1) is 18.3 Å². The number of anilines is 1. The lowest BCUT2D eigenvalue weighted by atomic mass is 10.1. The van der Waals surface area contributed by atoms with E-state index in [0.717, 1.165) is 11.1 Å². The molecule has 0 radical (unpaired) electrons. The van der Waals surface area contributed by atoms with Crippen molar-refractivity contribution in [3.05, 3.63) is 93.0 Å². The number of halogens is 2. The summed E-state index contributed by atoms with van der Waals surface area (Å²) >= 11 is 12.1. The van der Waals surface area contributed by atoms with Crippen LogP contribution in [0.4, 0.5) is 5.69 Å². The molecule has 0 aliphatic rings. The van der Waals surface area contributed by atoms with Gasteiger partial charge < -0.3 is 14.8 Å². The number of benzene rings is 3. The Labute approximate surface area is 196 Å². The minimum Gasteiger partial charge on any atom is -0.493 e. The first-order valence-corrected chi connectivity index (χ1v) is 10.4. The molecule has 0 saturated carbocycles. The molecule has 1 N–H and O–H groups in total. The van der Waals surface area contributed by atoms with Crippen molar-refractivity contribution in [1.82, 2.24) is 0 Å². The summed E-state index contributed by atoms with van der Waals surface area (Å²) in [6.45, 7) is 2.18. The zero-order chi connectivity index (χ0) is 23.1. The average molecular weight is 467 g/mol. The summed E-state index contributed by atoms with van der Waals surface area (Å²) in [7, 11) is 1.52. The van der Waals surface area contributed by atoms with Crippen LogP contribution in [0.3, 0.4) is 0 Å². The van der Waals surface area contributed by atoms with Crippen LogP contribution < -0.4 is 14.8 Å². The summed E-state index contributed by atoms with van der Waals surface area (Å²) in [5.74, 6) is 0.471. The van der Waals surface area contributed by atoms with Crippen LogP contribution in [0.25, 0.3) is 6.08 Å². The van der Waals surface area contributed by atoms with Crippen LogP contribution in [0.1, 0.15) is 16.7 Å². The molecule has 0 saturated heterocycles. The molecule has 0 spiro atoms. The first-order chi connectivity index (χ1) is 15.4. The smallest absolute Gasteiger partial charge is 0.266 e. The summed E-state index contributed by atoms with van der Waals surface area (Å²) in [6, 6.07) is 19.6. The standard InChI is InChI=1S/C25H20Cl2N2O3/c1-16-6-8-21(13-22(16)27)29-25(30)19(14-28)10-17-7-9-23(24(12-17)31-2)32-15-18-4-3-5-20(26)11-18/h3-13H,15H2,1-2H3,(H,29,30)/b19-10+. The van der Waals surface area contributed by atoms with E-state index < -0.39 is 5.91 Å². The highest BCUT2D eigenvalue weighted by Gasteiger charge is 2.12. The van der Waals surface area contributed by atoms with E-state index in [-0.39, 0.29) is 5.57 Å². The molecule has 32 heavy (non-hydrogen) atoms. The number of aryl methyl sites for hydroxylation is 1. The van der Waals surface area contributed by atoms with Gasteiger partial charge in [-0.2, -0.15) is 5.26 Å². The molecule has 1 amide bonds. The van der Waals surface area contributed by atoms with Crippen molar-refractivity contribution in [2.45, 2.75) is 13.5 Å². The second kappa shape index (κ2) is 10.7. The van der Waals surface area contributed by atoms with Crippen molar-refractivity contribution >= 4 is 40.9 Å². The first kappa shape index (κ1) is 23.2. The van der Waals surface area contributed by atoms with Gasteiger partial charge in [0.25, 0.3) is 5.91 Å². The normalized spacial score (nSPS) is 10.9. The number of carbonyl (C=O) groups excluding carboxylic acids is 1. The molecule has 3 rings (SSSR count). The Morgan fingerprint density at radius 3 is 2.59 bits per heavy atom. The maximum Gasteiger partial charge on any atom is 0.266 e. The summed E-state index contributed by atoms with van der Waals surface area (Å²) in [5, 5.41) is 13.3. The SMILES string of the molecule is COc1cc(/C=C(\C#N)C(=O)Nc2ccc(C)c(Cl)c2)ccc1OCc1cccc(Cl)c1. The number of nitrogens with zero attached hydrogens (tertiary/aromatic N) is 1. The Morgan fingerprint density at radius 1 is 1.09 bits per heavy atom. The summed E-state index contributed by atoms with van der Waals surface area (Å²) in [4.78, 5) is 12.5. The first-order valence-electron chi connectivity index (χ1n) is 9.64. The number of hydrogen-bond donors (Lipinski definition) is 1. The Kier molecular flexibility index (Phi) is 7.77. The lowest BCUT2D eigenvalue weighted by Crippen LogP contribution is -2.13. The molecule has 7 heteroatoms. The van der Waals surface area contributed by atoms with Crippen LogP contribution in [0.15, 0.2) is 66.2 Å². The molecule has 0 aromatic heterocycles. The van der Waals surface area contributed by atoms with Gasteiger partial charge in [0.2, 0.25) is 0 Å². The number of nitriles is 1. The number of rotatable bonds is 7. The van der Waals surface area contributed by atoms with Gasteiger partial charge in [-0.1, -0.05) is 47.5 Å². The summed E-state index contributed by atoms with van der Waals surface area (Å²) in [5.41, 5.74) is 2.88. The number of nitrogens with one attached hydrogen (secondary N) is 1. The van der Waals surface area contributed by atoms with Gasteiger partial charge in [-0.3, -0.25) is 4.79 Å². The fourth-order valence-electron chi connectivity index (χ4n) is 2.87. The molecule has 162 valence electrons. The van der Waals surface area contributed by atoms with E-state index in [2.05, 4.69) is 5.32 Å². The van der Waals surface area contributed by atoms with Gasteiger partial charge in [0.15, 0.2) is 11.5 Å². The lowest BCUT2D eigenvalue weighted by Gasteiger charge is -2.12. The highest BCUT2D eigenvalue weighted by molar-refractivity contribution is 6.31. The highest BCUT2D eigenvalue weighted by Crippen LogP contribution is 2.30. The number of methoxy groups -OCH3 is 1. The lowest BCUT2D eigenvalue weighted by molar-refractivity contribution is -0.112. The van der Waals surface area contributed by atoms with Crippen LogP contribution in [-0.4, -0.2) is 13.0 Å². The third-order valence-corrected chi connectivity index (χ3v) is 5.22. The van der Waals surface area contributed by atoms with Crippen molar-refractivity contribution in [3.8, 4) is 17.6 Å². The Morgan fingerprint density at radius 2 is 1.91 bits per heavy atom. The van der Waals surface area contributed by atoms with Crippen LogP contribution in [-0.2, 0) is 11.4 Å². The molecule has 0 unspecified atom stereocenters. The van der Waals surface area contributed by atoms with Gasteiger partial charge in [0, 0.05) is 15.7 Å². The molecular weight excluding hydrogens is 447 g/mol. The number of hydrogen-bond acceptors (Lipinski definition) is 4. The van der Waals surface area contributed by atoms with E-state index in [1.807, 2.05) is 31.2 Å². The highest BCUT2D eigenvalue weighted by atomic mass is 35.5. The molecule has 0 atom stereocenters. The minimum absolute atomic E-state index is 0.0589. The molecule has 0 fully saturated rings. The molecule has 0 heterocycles. The quantitative estimate of drug-likeness (QED) is 0.321. The second-order valence-corrected chi connectivity index (χ2v) is 7.76. The van der Waals surface area contributed by atoms with Crippen molar-refractivity contribution in [2.24, 2.45) is 0 Å². The fraction of sp³-hybridized carbons (Fsp3) is 0.120. The van der Waals surface area contributed by atoms with Crippen molar-refractivity contribution < 1.29 is 14.3 Å². The minimum atomic E-state index is -0.535. The van der Waals surface area contributed by atoms with Crippen LogP contribution in [0.5, 0.6) is 11.5 Å². The van der Waals surface area contributed by atoms with Crippen molar-refractivity contribution in [2.75, 3.05) is 12.4 Å². The van der Waals surface area contributed by atoms with E-state index >= 15 is 0 Å². The van der Waals surface area contributed by atoms with E-state index in [4.69, 9.17) is 32.7 Å². The zero-order valence-corrected chi connectivity index (χ0v) is 19.0. The third-order valence-electron chi connectivity index (χ3n) is 4.58. The molecule has 0 bridgehead atoms. The number of amides is 1. The number of ether oxygens (including phenoxy) is 2. The largest absolute Gasteiger partial charge is 0.493 e. The van der Waals surface area contributed by atoms with E-state index in [9.17, 15) is 10.1 Å². The van der Waals surface area contributed by atoms with E-state index in [1.165, 1.54) is 13.2 Å². The second-order valence-electron chi connectivity index (χ2n) is 6.92. The Hall–Kier alpha value is -3.46. The van der Waals surface area contributed by atoms with Gasteiger partial charge in [-0.25, -0.2) is 0 Å². The topological polar surface area (TPSA) is 71.3 Å². The predicted octanol–water partition coefficient (Wildman–Crippen LogP) is 6.44. The Bertz CT molecular complexity index is 1220. The van der Waals surface area contributed by atoms with Crippen molar-refractivity contribution in [1.29, 1.82) is 5.26 Å². The van der Waals surface area contributed by atoms with Gasteiger partial charge in [-0.05, 0) is 66.1 Å². The van der Waals surface area contributed by atoms with Gasteiger partial charge in [0.1, 0.15) is 18.2 Å². The monoisotopic (exact) mass is 466 g/mol.